The molecule has 0 atom stereocenters. The molecular formula is C25H17Cl2NO4S. The number of benzene rings is 3. The third-order valence-corrected chi connectivity index (χ3v) is 6.35. The summed E-state index contributed by atoms with van der Waals surface area (Å²) in [6.07, 6.45) is 0.677. The van der Waals surface area contributed by atoms with Crippen LogP contribution in [0.4, 0.5) is 0 Å². The van der Waals surface area contributed by atoms with Crippen LogP contribution in [0.25, 0.3) is 33.4 Å². The summed E-state index contributed by atoms with van der Waals surface area (Å²) in [4.78, 5) is 17.6. The molecule has 0 radical (unpaired) electrons. The van der Waals surface area contributed by atoms with Crippen LogP contribution in [0.2, 0.25) is 10.0 Å². The summed E-state index contributed by atoms with van der Waals surface area (Å²) >= 11 is 13.5. The van der Waals surface area contributed by atoms with Gasteiger partial charge < -0.3 is 13.6 Å². The van der Waals surface area contributed by atoms with Gasteiger partial charge in [-0.05, 0) is 61.0 Å². The van der Waals surface area contributed by atoms with E-state index >= 15 is 0 Å². The highest BCUT2D eigenvalue weighted by molar-refractivity contribution is 7.99. The monoisotopic (exact) mass is 497 g/mol. The first-order chi connectivity index (χ1) is 16.1. The van der Waals surface area contributed by atoms with Gasteiger partial charge in [0.25, 0.3) is 5.22 Å². The minimum Gasteiger partial charge on any atom is -0.486 e. The summed E-state index contributed by atoms with van der Waals surface area (Å²) in [6, 6.07) is 19.6. The van der Waals surface area contributed by atoms with E-state index in [1.165, 1.54) is 11.8 Å². The molecule has 0 saturated carbocycles. The minimum absolute atomic E-state index is 0.192. The first kappa shape index (κ1) is 21.9. The SMILES string of the molecule is O=c1c(OCCCSc2nc3cc(Cl)ccc3o2)c(-c2ccc(Cl)cc2)oc2ccccc12. The third kappa shape index (κ3) is 4.74. The highest BCUT2D eigenvalue weighted by Gasteiger charge is 2.17. The van der Waals surface area contributed by atoms with E-state index in [4.69, 9.17) is 36.8 Å². The fraction of sp³-hybridized carbons (Fsp3) is 0.120. The second kappa shape index (κ2) is 9.51. The average molecular weight is 498 g/mol. The minimum atomic E-state index is -0.203. The average Bonchev–Trinajstić information content (AvgIpc) is 3.22. The normalized spacial score (nSPS) is 11.3. The van der Waals surface area contributed by atoms with E-state index in [1.807, 2.05) is 6.07 Å². The zero-order valence-corrected chi connectivity index (χ0v) is 19.5. The van der Waals surface area contributed by atoms with Gasteiger partial charge in [-0.2, -0.15) is 0 Å². The summed E-state index contributed by atoms with van der Waals surface area (Å²) < 4.78 is 17.7. The van der Waals surface area contributed by atoms with Crippen LogP contribution < -0.4 is 10.2 Å². The molecule has 0 spiro atoms. The van der Waals surface area contributed by atoms with Crippen molar-refractivity contribution in [1.82, 2.24) is 4.98 Å². The fourth-order valence-corrected chi connectivity index (χ4v) is 4.42. The van der Waals surface area contributed by atoms with Crippen LogP contribution in [0.3, 0.4) is 0 Å². The number of para-hydroxylation sites is 1. The molecule has 5 rings (SSSR count). The number of thioether (sulfide) groups is 1. The van der Waals surface area contributed by atoms with Crippen molar-refractivity contribution in [2.24, 2.45) is 0 Å². The Morgan fingerprint density at radius 3 is 2.55 bits per heavy atom. The van der Waals surface area contributed by atoms with Crippen molar-refractivity contribution >= 4 is 57.0 Å². The highest BCUT2D eigenvalue weighted by atomic mass is 35.5. The summed E-state index contributed by atoms with van der Waals surface area (Å²) in [5.74, 6) is 1.28. The van der Waals surface area contributed by atoms with Gasteiger partial charge in [0.2, 0.25) is 11.2 Å². The first-order valence-electron chi connectivity index (χ1n) is 10.2. The molecule has 166 valence electrons. The molecular weight excluding hydrogens is 481 g/mol. The number of hydrogen-bond donors (Lipinski definition) is 0. The van der Waals surface area contributed by atoms with Crippen molar-refractivity contribution in [3.8, 4) is 17.1 Å². The van der Waals surface area contributed by atoms with Crippen LogP contribution >= 0.6 is 35.0 Å². The maximum absolute atomic E-state index is 13.1. The smallest absolute Gasteiger partial charge is 0.256 e. The number of rotatable bonds is 7. The molecule has 0 saturated heterocycles. The Morgan fingerprint density at radius 1 is 0.909 bits per heavy atom. The predicted molar refractivity (Wildman–Crippen MR) is 133 cm³/mol. The van der Waals surface area contributed by atoms with Gasteiger partial charge in [-0.15, -0.1) is 0 Å². The Kier molecular flexibility index (Phi) is 6.31. The van der Waals surface area contributed by atoms with Crippen LogP contribution in [0, 0.1) is 0 Å². The van der Waals surface area contributed by atoms with E-state index in [1.54, 1.807) is 60.7 Å². The molecule has 0 unspecified atom stereocenters. The lowest BCUT2D eigenvalue weighted by atomic mass is 10.1. The van der Waals surface area contributed by atoms with Crippen LogP contribution in [0.1, 0.15) is 6.42 Å². The van der Waals surface area contributed by atoms with Gasteiger partial charge >= 0.3 is 0 Å². The van der Waals surface area contributed by atoms with E-state index < -0.39 is 0 Å². The van der Waals surface area contributed by atoms with Crippen molar-refractivity contribution in [1.29, 1.82) is 0 Å². The molecule has 0 aliphatic carbocycles. The molecule has 5 nitrogen and oxygen atoms in total. The van der Waals surface area contributed by atoms with E-state index in [0.29, 0.717) is 56.4 Å². The molecule has 3 aromatic carbocycles. The van der Waals surface area contributed by atoms with Gasteiger partial charge in [-0.3, -0.25) is 4.79 Å². The molecule has 0 bridgehead atoms. The van der Waals surface area contributed by atoms with Crippen molar-refractivity contribution < 1.29 is 13.6 Å². The number of hydrogen-bond acceptors (Lipinski definition) is 6. The Morgan fingerprint density at radius 2 is 1.70 bits per heavy atom. The topological polar surface area (TPSA) is 65.5 Å². The summed E-state index contributed by atoms with van der Waals surface area (Å²) in [6.45, 7) is 0.336. The molecule has 2 aromatic heterocycles. The Bertz CT molecular complexity index is 1490. The van der Waals surface area contributed by atoms with E-state index in [-0.39, 0.29) is 11.2 Å². The number of ether oxygens (including phenoxy) is 1. The molecule has 5 aromatic rings. The molecule has 2 heterocycles. The molecule has 0 fully saturated rings. The molecule has 0 amide bonds. The van der Waals surface area contributed by atoms with Crippen molar-refractivity contribution in [2.75, 3.05) is 12.4 Å². The van der Waals surface area contributed by atoms with Crippen LogP contribution in [0.15, 0.2) is 85.6 Å². The third-order valence-electron chi connectivity index (χ3n) is 4.95. The number of oxazole rings is 1. The lowest BCUT2D eigenvalue weighted by Crippen LogP contribution is -2.11. The predicted octanol–water partition coefficient (Wildman–Crippen LogP) is 7.47. The van der Waals surface area contributed by atoms with E-state index in [9.17, 15) is 4.79 Å². The molecule has 0 N–H and O–H groups in total. The van der Waals surface area contributed by atoms with Gasteiger partial charge in [0, 0.05) is 21.4 Å². The Balaban J connectivity index is 1.32. The van der Waals surface area contributed by atoms with Gasteiger partial charge in [0.15, 0.2) is 11.3 Å². The molecule has 8 heteroatoms. The van der Waals surface area contributed by atoms with Crippen LogP contribution in [-0.2, 0) is 0 Å². The summed E-state index contributed by atoms with van der Waals surface area (Å²) in [7, 11) is 0. The van der Waals surface area contributed by atoms with E-state index in [2.05, 4.69) is 4.98 Å². The second-order valence-electron chi connectivity index (χ2n) is 7.23. The van der Waals surface area contributed by atoms with Gasteiger partial charge in [-0.1, -0.05) is 47.1 Å². The molecule has 33 heavy (non-hydrogen) atoms. The van der Waals surface area contributed by atoms with Crippen LogP contribution in [-0.4, -0.2) is 17.3 Å². The molecule has 0 aliphatic rings. The number of halogens is 2. The maximum atomic E-state index is 13.1. The van der Waals surface area contributed by atoms with Crippen molar-refractivity contribution in [3.05, 3.63) is 87.0 Å². The Labute approximate surface area is 203 Å². The Hall–Kier alpha value is -2.93. The maximum Gasteiger partial charge on any atom is 0.256 e. The largest absolute Gasteiger partial charge is 0.486 e. The number of fused-ring (bicyclic) bond motifs is 2. The highest BCUT2D eigenvalue weighted by Crippen LogP contribution is 2.32. The van der Waals surface area contributed by atoms with E-state index in [0.717, 1.165) is 11.1 Å². The van der Waals surface area contributed by atoms with Crippen LogP contribution in [0.5, 0.6) is 5.75 Å². The van der Waals surface area contributed by atoms with Gasteiger partial charge in [-0.25, -0.2) is 4.98 Å². The van der Waals surface area contributed by atoms with Gasteiger partial charge in [0.1, 0.15) is 11.1 Å². The summed E-state index contributed by atoms with van der Waals surface area (Å²) in [5, 5.41) is 2.26. The summed E-state index contributed by atoms with van der Waals surface area (Å²) in [5.41, 5.74) is 2.44. The number of aromatic nitrogens is 1. The zero-order chi connectivity index (χ0) is 22.8. The van der Waals surface area contributed by atoms with Gasteiger partial charge in [0.05, 0.1) is 12.0 Å². The van der Waals surface area contributed by atoms with Crippen molar-refractivity contribution in [3.63, 3.8) is 0 Å². The second-order valence-corrected chi connectivity index (χ2v) is 9.15. The van der Waals surface area contributed by atoms with Crippen molar-refractivity contribution in [2.45, 2.75) is 11.6 Å². The standard InChI is InChI=1S/C25H17Cl2NO4S/c26-16-8-6-15(7-9-16)23-24(22(29)18-4-1-2-5-20(18)31-23)30-12-3-13-33-25-28-19-14-17(27)10-11-21(19)32-25/h1-2,4-11,14H,3,12-13H2. The molecule has 0 aliphatic heterocycles. The fourth-order valence-electron chi connectivity index (χ4n) is 3.38. The number of nitrogens with zero attached hydrogens (tertiary/aromatic N) is 1. The quantitative estimate of drug-likeness (QED) is 0.171. The lowest BCUT2D eigenvalue weighted by molar-refractivity contribution is 0.310. The first-order valence-corrected chi connectivity index (χ1v) is 12.0. The zero-order valence-electron chi connectivity index (χ0n) is 17.2. The lowest BCUT2D eigenvalue weighted by Gasteiger charge is -2.11.